The molecule has 4 N–H and O–H groups in total. The quantitative estimate of drug-likeness (QED) is 0.433. The minimum atomic E-state index is -0.809. The van der Waals surface area contributed by atoms with Crippen LogP contribution in [0.25, 0.3) is 0 Å². The topological polar surface area (TPSA) is 125 Å². The molecular formula is C17H28N5O5S+. The Morgan fingerprint density at radius 3 is 2.86 bits per heavy atom. The van der Waals surface area contributed by atoms with Crippen LogP contribution in [-0.2, 0) is 23.9 Å². The van der Waals surface area contributed by atoms with Crippen LogP contribution in [0.3, 0.4) is 0 Å². The molecule has 3 aliphatic heterocycles. The minimum absolute atomic E-state index is 0.0691. The molecule has 0 bridgehead atoms. The van der Waals surface area contributed by atoms with E-state index in [0.29, 0.717) is 25.3 Å². The van der Waals surface area contributed by atoms with Gasteiger partial charge in [-0.1, -0.05) is 11.8 Å². The number of amides is 4. The van der Waals surface area contributed by atoms with Crippen LogP contribution >= 0.6 is 11.8 Å². The summed E-state index contributed by atoms with van der Waals surface area (Å²) in [7, 11) is 1.44. The average molecular weight is 415 g/mol. The number of thioether (sulfide) groups is 1. The van der Waals surface area contributed by atoms with Gasteiger partial charge in [0.1, 0.15) is 24.6 Å². The highest BCUT2D eigenvalue weighted by molar-refractivity contribution is 7.99. The van der Waals surface area contributed by atoms with E-state index in [4.69, 9.17) is 4.74 Å². The molecule has 0 radical (unpaired) electrons. The maximum absolute atomic E-state index is 13.0. The van der Waals surface area contributed by atoms with E-state index in [9.17, 15) is 19.2 Å². The van der Waals surface area contributed by atoms with E-state index in [0.717, 1.165) is 12.3 Å². The summed E-state index contributed by atoms with van der Waals surface area (Å²) >= 11 is 1.69. The summed E-state index contributed by atoms with van der Waals surface area (Å²) in [5.74, 6) is 0.628. The lowest BCUT2D eigenvalue weighted by Crippen LogP contribution is -2.90. The van der Waals surface area contributed by atoms with Gasteiger partial charge in [0.15, 0.2) is 6.04 Å². The summed E-state index contributed by atoms with van der Waals surface area (Å²) in [6.07, 6.45) is 1.36. The molecule has 0 aliphatic carbocycles. The lowest BCUT2D eigenvalue weighted by Gasteiger charge is -2.41. The Morgan fingerprint density at radius 2 is 2.18 bits per heavy atom. The average Bonchev–Trinajstić information content (AvgIpc) is 3.23. The first-order valence-electron chi connectivity index (χ1n) is 9.57. The van der Waals surface area contributed by atoms with Gasteiger partial charge in [-0.3, -0.25) is 19.2 Å². The molecule has 3 atom stereocenters. The van der Waals surface area contributed by atoms with Crippen LogP contribution in [0.5, 0.6) is 0 Å². The molecule has 0 aromatic carbocycles. The van der Waals surface area contributed by atoms with Crippen LogP contribution in [0.4, 0.5) is 0 Å². The van der Waals surface area contributed by atoms with Crippen LogP contribution in [-0.4, -0.2) is 103 Å². The number of methoxy groups -OCH3 is 1. The molecule has 0 aromatic heterocycles. The predicted molar refractivity (Wildman–Crippen MR) is 101 cm³/mol. The number of ether oxygens (including phenoxy) is 1. The highest BCUT2D eigenvalue weighted by Gasteiger charge is 2.42. The third-order valence-corrected chi connectivity index (χ3v) is 6.32. The molecule has 3 saturated heterocycles. The molecule has 0 aromatic rings. The Labute approximate surface area is 168 Å². The standard InChI is InChI=1S/C17H27N5O5S/c1-27-8-14(23)21-5-6-22(17(26)12-9-28-10-19-12)13(7-21)16(25)20-11-3-2-4-18-15(11)24/h11-13,19H,2-10H2,1H3,(H,18,24)(H,20,25)/p+1/t11-,12-,13-/m0/s1. The number of nitrogens with two attached hydrogens (primary N) is 1. The fourth-order valence-corrected chi connectivity index (χ4v) is 4.76. The Kier molecular flexibility index (Phi) is 7.13. The van der Waals surface area contributed by atoms with Crippen molar-refractivity contribution in [1.29, 1.82) is 0 Å². The van der Waals surface area contributed by atoms with Crippen LogP contribution in [0.2, 0.25) is 0 Å². The zero-order valence-corrected chi connectivity index (χ0v) is 16.8. The van der Waals surface area contributed by atoms with Crippen molar-refractivity contribution in [3.05, 3.63) is 0 Å². The third-order valence-electron chi connectivity index (χ3n) is 5.30. The molecule has 28 heavy (non-hydrogen) atoms. The highest BCUT2D eigenvalue weighted by Crippen LogP contribution is 2.15. The molecule has 3 fully saturated rings. The molecule has 0 unspecified atom stereocenters. The summed E-state index contributed by atoms with van der Waals surface area (Å²) < 4.78 is 4.91. The van der Waals surface area contributed by atoms with E-state index in [-0.39, 0.29) is 43.5 Å². The van der Waals surface area contributed by atoms with Gasteiger partial charge in [-0.2, -0.15) is 0 Å². The first-order chi connectivity index (χ1) is 13.5. The van der Waals surface area contributed by atoms with E-state index < -0.39 is 18.0 Å². The van der Waals surface area contributed by atoms with E-state index >= 15 is 0 Å². The molecule has 3 aliphatic rings. The van der Waals surface area contributed by atoms with Crippen molar-refractivity contribution in [3.63, 3.8) is 0 Å². The smallest absolute Gasteiger partial charge is 0.282 e. The molecule has 156 valence electrons. The molecule has 0 spiro atoms. The number of rotatable bonds is 5. The van der Waals surface area contributed by atoms with E-state index in [1.165, 1.54) is 7.11 Å². The SMILES string of the molecule is COCC(=O)N1CCN(C(=O)[C@@H]2CSC[NH2+]2)[C@H](C(=O)N[C@H]2CCCNC2=O)C1. The Hall–Kier alpha value is -1.85. The molecule has 4 amide bonds. The minimum Gasteiger partial charge on any atom is -0.375 e. The Bertz CT molecular complexity index is 627. The number of carbonyl (C=O) groups excluding carboxylic acids is 4. The van der Waals surface area contributed by atoms with E-state index in [2.05, 4.69) is 10.6 Å². The monoisotopic (exact) mass is 414 g/mol. The first-order valence-corrected chi connectivity index (χ1v) is 10.7. The molecule has 11 heteroatoms. The van der Waals surface area contributed by atoms with E-state index in [1.807, 2.05) is 5.32 Å². The predicted octanol–water partition coefficient (Wildman–Crippen LogP) is -3.30. The summed E-state index contributed by atoms with van der Waals surface area (Å²) in [5.41, 5.74) is 0. The number of nitrogens with zero attached hydrogens (tertiary/aromatic N) is 2. The fraction of sp³-hybridized carbons (Fsp3) is 0.765. The number of carbonyl (C=O) groups is 4. The van der Waals surface area contributed by atoms with Gasteiger partial charge in [-0.05, 0) is 12.8 Å². The number of hydrogen-bond donors (Lipinski definition) is 3. The Balaban J connectivity index is 1.72. The number of piperidine rings is 1. The van der Waals surface area contributed by atoms with Gasteiger partial charge in [-0.15, -0.1) is 0 Å². The molecule has 0 saturated carbocycles. The second kappa shape index (κ2) is 9.57. The van der Waals surface area contributed by atoms with Gasteiger partial charge in [-0.25, -0.2) is 0 Å². The highest BCUT2D eigenvalue weighted by atomic mass is 32.2. The largest absolute Gasteiger partial charge is 0.375 e. The van der Waals surface area contributed by atoms with Gasteiger partial charge in [0, 0.05) is 26.7 Å². The van der Waals surface area contributed by atoms with Gasteiger partial charge in [0.2, 0.25) is 17.7 Å². The lowest BCUT2D eigenvalue weighted by atomic mass is 10.0. The normalized spacial score (nSPS) is 28.0. The fourth-order valence-electron chi connectivity index (χ4n) is 3.72. The van der Waals surface area contributed by atoms with Crippen molar-refractivity contribution in [1.82, 2.24) is 20.4 Å². The van der Waals surface area contributed by atoms with Crippen LogP contribution < -0.4 is 16.0 Å². The summed E-state index contributed by atoms with van der Waals surface area (Å²) in [4.78, 5) is 53.3. The summed E-state index contributed by atoms with van der Waals surface area (Å²) in [5, 5.41) is 7.49. The zero-order valence-electron chi connectivity index (χ0n) is 16.0. The summed E-state index contributed by atoms with van der Waals surface area (Å²) in [6.45, 7) is 1.29. The van der Waals surface area contributed by atoms with Crippen molar-refractivity contribution in [2.24, 2.45) is 0 Å². The third kappa shape index (κ3) is 4.76. The molecule has 3 heterocycles. The number of nitrogens with one attached hydrogen (secondary N) is 2. The zero-order chi connectivity index (χ0) is 20.1. The summed E-state index contributed by atoms with van der Waals surface area (Å²) in [6, 6.07) is -1.62. The van der Waals surface area contributed by atoms with Gasteiger partial charge < -0.3 is 30.5 Å². The number of hydrogen-bond acceptors (Lipinski definition) is 6. The van der Waals surface area contributed by atoms with Gasteiger partial charge in [0.05, 0.1) is 12.3 Å². The number of piperazine rings is 1. The van der Waals surface area contributed by atoms with Crippen LogP contribution in [0.15, 0.2) is 0 Å². The van der Waals surface area contributed by atoms with Gasteiger partial charge >= 0.3 is 0 Å². The van der Waals surface area contributed by atoms with Crippen molar-refractivity contribution in [2.75, 3.05) is 51.5 Å². The second-order valence-corrected chi connectivity index (χ2v) is 8.27. The maximum atomic E-state index is 13.0. The second-order valence-electron chi connectivity index (χ2n) is 7.19. The van der Waals surface area contributed by atoms with Crippen molar-refractivity contribution in [3.8, 4) is 0 Å². The Morgan fingerprint density at radius 1 is 1.36 bits per heavy atom. The van der Waals surface area contributed by atoms with E-state index in [1.54, 1.807) is 21.6 Å². The number of quaternary nitrogens is 1. The van der Waals surface area contributed by atoms with Crippen LogP contribution in [0.1, 0.15) is 12.8 Å². The maximum Gasteiger partial charge on any atom is 0.282 e. The van der Waals surface area contributed by atoms with Crippen molar-refractivity contribution < 1.29 is 29.2 Å². The lowest BCUT2D eigenvalue weighted by molar-refractivity contribution is -0.649. The van der Waals surface area contributed by atoms with Crippen molar-refractivity contribution in [2.45, 2.75) is 31.0 Å². The van der Waals surface area contributed by atoms with Crippen molar-refractivity contribution >= 4 is 35.4 Å². The first kappa shape index (κ1) is 20.9. The molecule has 10 nitrogen and oxygen atoms in total. The molecule has 3 rings (SSSR count). The van der Waals surface area contributed by atoms with Crippen LogP contribution in [0, 0.1) is 0 Å². The molecular weight excluding hydrogens is 386 g/mol. The van der Waals surface area contributed by atoms with Gasteiger partial charge in [0.25, 0.3) is 5.91 Å².